The number of ether oxygens (including phenoxy) is 1. The molecule has 3 rings (SSSR count). The molecule has 1 N–H and O–H groups in total. The molecule has 21 heavy (non-hydrogen) atoms. The molecule has 0 fully saturated rings. The molecule has 0 radical (unpaired) electrons. The molecule has 0 aliphatic rings. The zero-order valence-corrected chi connectivity index (χ0v) is 12.5. The van der Waals surface area contributed by atoms with Crippen molar-refractivity contribution < 1.29 is 14.6 Å². The number of aryl methyl sites for hydroxylation is 2. The Labute approximate surface area is 125 Å². The van der Waals surface area contributed by atoms with Crippen LogP contribution in [0.1, 0.15) is 25.8 Å². The molecule has 0 amide bonds. The van der Waals surface area contributed by atoms with Crippen LogP contribution < -0.4 is 4.74 Å². The molecule has 5 nitrogen and oxygen atoms in total. The average Bonchev–Trinajstić information content (AvgIpc) is 2.98. The van der Waals surface area contributed by atoms with Gasteiger partial charge < -0.3 is 14.2 Å². The number of carbonyl (C=O) groups is 1. The van der Waals surface area contributed by atoms with Crippen LogP contribution in [0, 0.1) is 13.8 Å². The molecule has 0 atom stereocenters. The lowest BCUT2D eigenvalue weighted by Crippen LogP contribution is -2.00. The van der Waals surface area contributed by atoms with E-state index in [9.17, 15) is 4.79 Å². The Morgan fingerprint density at radius 3 is 2.95 bits per heavy atom. The lowest BCUT2D eigenvalue weighted by molar-refractivity contribution is 0.0697. The summed E-state index contributed by atoms with van der Waals surface area (Å²) in [6, 6.07) is 5.68. The third-order valence-electron chi connectivity index (χ3n) is 3.04. The van der Waals surface area contributed by atoms with Crippen LogP contribution in [0.4, 0.5) is 0 Å². The van der Waals surface area contributed by atoms with Gasteiger partial charge >= 0.3 is 5.97 Å². The Bertz CT molecular complexity index is 820. The normalized spacial score (nSPS) is 11.0. The summed E-state index contributed by atoms with van der Waals surface area (Å²) in [5.74, 6) is -0.563. The van der Waals surface area contributed by atoms with E-state index in [1.54, 1.807) is 6.07 Å². The number of aromatic nitrogens is 2. The van der Waals surface area contributed by atoms with Gasteiger partial charge in [0.2, 0.25) is 0 Å². The summed E-state index contributed by atoms with van der Waals surface area (Å²) < 4.78 is 7.55. The predicted octanol–water partition coefficient (Wildman–Crippen LogP) is 3.29. The maximum Gasteiger partial charge on any atom is 0.349 e. The van der Waals surface area contributed by atoms with Gasteiger partial charge in [0.15, 0.2) is 4.88 Å². The zero-order valence-electron chi connectivity index (χ0n) is 11.7. The molecule has 0 saturated heterocycles. The second-order valence-corrected chi connectivity index (χ2v) is 6.10. The molecule has 6 heteroatoms. The fraction of sp³-hybridized carbons (Fsp3) is 0.200. The minimum absolute atomic E-state index is 0.229. The van der Waals surface area contributed by atoms with Crippen molar-refractivity contribution >= 4 is 23.0 Å². The van der Waals surface area contributed by atoms with Crippen molar-refractivity contribution in [3.05, 3.63) is 51.6 Å². The number of hydrogen-bond acceptors (Lipinski definition) is 4. The molecule has 0 bridgehead atoms. The first kappa shape index (κ1) is 13.6. The molecule has 0 aliphatic heterocycles. The van der Waals surface area contributed by atoms with Gasteiger partial charge in [-0.25, -0.2) is 9.78 Å². The second kappa shape index (κ2) is 5.21. The van der Waals surface area contributed by atoms with Crippen LogP contribution in [0.3, 0.4) is 0 Å². The number of imidazole rings is 1. The standard InChI is InChI=1S/C15H14N2O3S/c1-9-3-4-13-16-11(7-17(13)6-9)8-20-12-5-10(2)21-14(12)15(18)19/h3-7H,8H2,1-2H3,(H,18,19). The second-order valence-electron chi connectivity index (χ2n) is 4.85. The molecular formula is C15H14N2O3S. The van der Waals surface area contributed by atoms with Crippen molar-refractivity contribution in [1.82, 2.24) is 9.38 Å². The van der Waals surface area contributed by atoms with E-state index < -0.39 is 5.97 Å². The Balaban J connectivity index is 1.81. The summed E-state index contributed by atoms with van der Waals surface area (Å²) in [4.78, 5) is 16.7. The van der Waals surface area contributed by atoms with Crippen molar-refractivity contribution in [2.75, 3.05) is 0 Å². The lowest BCUT2D eigenvalue weighted by Gasteiger charge is -2.02. The number of hydrogen-bond donors (Lipinski definition) is 1. The Kier molecular flexibility index (Phi) is 3.39. The fourth-order valence-corrected chi connectivity index (χ4v) is 2.92. The number of aromatic carboxylic acids is 1. The van der Waals surface area contributed by atoms with Gasteiger partial charge in [0.25, 0.3) is 0 Å². The minimum atomic E-state index is -0.964. The van der Waals surface area contributed by atoms with Crippen LogP contribution in [0.15, 0.2) is 30.6 Å². The highest BCUT2D eigenvalue weighted by Crippen LogP contribution is 2.29. The number of rotatable bonds is 4. The van der Waals surface area contributed by atoms with E-state index in [-0.39, 0.29) is 11.5 Å². The van der Waals surface area contributed by atoms with Crippen molar-refractivity contribution in [1.29, 1.82) is 0 Å². The first-order valence-electron chi connectivity index (χ1n) is 6.43. The highest BCUT2D eigenvalue weighted by atomic mass is 32.1. The van der Waals surface area contributed by atoms with Crippen LogP contribution in [-0.4, -0.2) is 20.5 Å². The molecule has 0 saturated carbocycles. The maximum absolute atomic E-state index is 11.1. The van der Waals surface area contributed by atoms with E-state index >= 15 is 0 Å². The quantitative estimate of drug-likeness (QED) is 0.803. The smallest absolute Gasteiger partial charge is 0.349 e. The van der Waals surface area contributed by atoms with Crippen molar-refractivity contribution in [2.24, 2.45) is 0 Å². The summed E-state index contributed by atoms with van der Waals surface area (Å²) in [6.45, 7) is 4.12. The largest absolute Gasteiger partial charge is 0.485 e. The molecule has 3 aromatic rings. The van der Waals surface area contributed by atoms with Crippen molar-refractivity contribution in [3.8, 4) is 5.75 Å². The number of fused-ring (bicyclic) bond motifs is 1. The van der Waals surface area contributed by atoms with Crippen molar-refractivity contribution in [2.45, 2.75) is 20.5 Å². The number of carboxylic acids is 1. The number of pyridine rings is 1. The Hall–Kier alpha value is -2.34. The molecule has 0 aliphatic carbocycles. The van der Waals surface area contributed by atoms with Gasteiger partial charge in [0.1, 0.15) is 18.0 Å². The van der Waals surface area contributed by atoms with Gasteiger partial charge in [0.05, 0.1) is 5.69 Å². The van der Waals surface area contributed by atoms with Gasteiger partial charge in [-0.15, -0.1) is 11.3 Å². The summed E-state index contributed by atoms with van der Waals surface area (Å²) in [7, 11) is 0. The highest BCUT2D eigenvalue weighted by molar-refractivity contribution is 7.14. The van der Waals surface area contributed by atoms with Crippen LogP contribution in [0.25, 0.3) is 5.65 Å². The van der Waals surface area contributed by atoms with Gasteiger partial charge in [-0.1, -0.05) is 6.07 Å². The maximum atomic E-state index is 11.1. The summed E-state index contributed by atoms with van der Waals surface area (Å²) in [5.41, 5.74) is 2.76. The summed E-state index contributed by atoms with van der Waals surface area (Å²) >= 11 is 1.21. The van der Waals surface area contributed by atoms with Gasteiger partial charge in [-0.3, -0.25) is 0 Å². The summed E-state index contributed by atoms with van der Waals surface area (Å²) in [5, 5.41) is 9.13. The van der Waals surface area contributed by atoms with Crippen LogP contribution >= 0.6 is 11.3 Å². The van der Waals surface area contributed by atoms with E-state index in [0.29, 0.717) is 5.75 Å². The van der Waals surface area contributed by atoms with E-state index in [2.05, 4.69) is 4.98 Å². The monoisotopic (exact) mass is 302 g/mol. The fourth-order valence-electron chi connectivity index (χ4n) is 2.12. The lowest BCUT2D eigenvalue weighted by atomic mass is 10.3. The topological polar surface area (TPSA) is 63.8 Å². The van der Waals surface area contributed by atoms with E-state index in [0.717, 1.165) is 21.8 Å². The van der Waals surface area contributed by atoms with E-state index in [4.69, 9.17) is 9.84 Å². The first-order valence-corrected chi connectivity index (χ1v) is 7.25. The van der Waals surface area contributed by atoms with Crippen LogP contribution in [0.5, 0.6) is 5.75 Å². The SMILES string of the molecule is Cc1ccc2nc(COc3cc(C)sc3C(=O)O)cn2c1. The van der Waals surface area contributed by atoms with E-state index in [1.165, 1.54) is 11.3 Å². The van der Waals surface area contributed by atoms with E-state index in [1.807, 2.05) is 42.8 Å². The molecule has 0 unspecified atom stereocenters. The molecule has 3 aromatic heterocycles. The highest BCUT2D eigenvalue weighted by Gasteiger charge is 2.15. The van der Waals surface area contributed by atoms with Gasteiger partial charge in [0, 0.05) is 17.3 Å². The van der Waals surface area contributed by atoms with Crippen LogP contribution in [0.2, 0.25) is 0 Å². The Morgan fingerprint density at radius 1 is 1.38 bits per heavy atom. The summed E-state index contributed by atoms with van der Waals surface area (Å²) in [6.07, 6.45) is 3.88. The minimum Gasteiger partial charge on any atom is -0.485 e. The molecule has 0 aromatic carbocycles. The molecule has 108 valence electrons. The van der Waals surface area contributed by atoms with Crippen LogP contribution in [-0.2, 0) is 6.61 Å². The predicted molar refractivity (Wildman–Crippen MR) is 80.3 cm³/mol. The average molecular weight is 302 g/mol. The third-order valence-corrected chi connectivity index (χ3v) is 4.06. The molecule has 0 spiro atoms. The van der Waals surface area contributed by atoms with Gasteiger partial charge in [-0.2, -0.15) is 0 Å². The van der Waals surface area contributed by atoms with Crippen molar-refractivity contribution in [3.63, 3.8) is 0 Å². The third kappa shape index (κ3) is 2.75. The number of thiophene rings is 1. The Morgan fingerprint density at radius 2 is 2.19 bits per heavy atom. The molecular weight excluding hydrogens is 288 g/mol. The number of carboxylic acid groups (broad SMARTS) is 1. The van der Waals surface area contributed by atoms with Gasteiger partial charge in [-0.05, 0) is 31.5 Å². The number of nitrogens with zero attached hydrogens (tertiary/aromatic N) is 2. The zero-order chi connectivity index (χ0) is 15.0. The molecule has 3 heterocycles. The first-order chi connectivity index (χ1) is 10.0.